The number of carbonyl (C=O) groups excluding carboxylic acids is 2. The Bertz CT molecular complexity index is 1280. The van der Waals surface area contributed by atoms with Gasteiger partial charge in [0.25, 0.3) is 11.8 Å². The quantitative estimate of drug-likeness (QED) is 0.428. The number of nitrogens with zero attached hydrogens (tertiary/aromatic N) is 3. The number of halogens is 1. The van der Waals surface area contributed by atoms with Crippen LogP contribution in [0.2, 0.25) is 0 Å². The van der Waals surface area contributed by atoms with Crippen LogP contribution in [-0.4, -0.2) is 61.4 Å². The van der Waals surface area contributed by atoms with Gasteiger partial charge in [0.2, 0.25) is 0 Å². The fourth-order valence-electron chi connectivity index (χ4n) is 4.24. The summed E-state index contributed by atoms with van der Waals surface area (Å²) in [5.74, 6) is -0.851. The van der Waals surface area contributed by atoms with Crippen LogP contribution in [0.4, 0.5) is 4.39 Å². The number of hydrazone groups is 1. The van der Waals surface area contributed by atoms with Gasteiger partial charge in [-0.1, -0.05) is 42.0 Å². The third-order valence-electron chi connectivity index (χ3n) is 6.33. The molecule has 0 saturated heterocycles. The molecule has 0 spiro atoms. The van der Waals surface area contributed by atoms with E-state index in [-0.39, 0.29) is 37.2 Å². The Morgan fingerprint density at radius 3 is 2.38 bits per heavy atom. The van der Waals surface area contributed by atoms with Crippen LogP contribution >= 0.6 is 0 Å². The first-order valence-electron chi connectivity index (χ1n) is 12.0. The van der Waals surface area contributed by atoms with Gasteiger partial charge in [0, 0.05) is 20.1 Å². The van der Waals surface area contributed by atoms with E-state index in [1.165, 1.54) is 35.2 Å². The van der Waals surface area contributed by atoms with Gasteiger partial charge in [0.15, 0.2) is 0 Å². The molecule has 0 unspecified atom stereocenters. The summed E-state index contributed by atoms with van der Waals surface area (Å²) in [6, 6.07) is 20.9. The van der Waals surface area contributed by atoms with Crippen molar-refractivity contribution < 1.29 is 23.5 Å². The summed E-state index contributed by atoms with van der Waals surface area (Å²) < 4.78 is 24.8. The van der Waals surface area contributed by atoms with Crippen LogP contribution in [0.15, 0.2) is 77.9 Å². The topological polar surface area (TPSA) is 71.4 Å². The standard InChI is InChI=1S/C29H30FN3O4/c1-20-8-10-22(11-9-20)27-18-26(21-12-14-23(37-3)15-13-21)31-33(27)28(34)19-32(16-17-36-2)29(35)24-6-4-5-7-25(24)30/h4-15,27H,16-19H2,1-3H3/t27-/m0/s1. The highest BCUT2D eigenvalue weighted by Crippen LogP contribution is 2.33. The second-order valence-electron chi connectivity index (χ2n) is 8.84. The fourth-order valence-corrected chi connectivity index (χ4v) is 4.24. The molecule has 1 aliphatic heterocycles. The Morgan fingerprint density at radius 2 is 1.73 bits per heavy atom. The van der Waals surface area contributed by atoms with Gasteiger partial charge in [-0.3, -0.25) is 9.59 Å². The van der Waals surface area contributed by atoms with Crippen molar-refractivity contribution in [1.82, 2.24) is 9.91 Å². The molecule has 3 aromatic carbocycles. The van der Waals surface area contributed by atoms with Gasteiger partial charge in [-0.25, -0.2) is 9.40 Å². The van der Waals surface area contributed by atoms with Crippen LogP contribution in [0.5, 0.6) is 5.75 Å². The number of carbonyl (C=O) groups is 2. The van der Waals surface area contributed by atoms with Gasteiger partial charge >= 0.3 is 0 Å². The van der Waals surface area contributed by atoms with E-state index in [4.69, 9.17) is 14.6 Å². The van der Waals surface area contributed by atoms with Crippen molar-refractivity contribution >= 4 is 17.5 Å². The lowest BCUT2D eigenvalue weighted by atomic mass is 9.97. The summed E-state index contributed by atoms with van der Waals surface area (Å²) in [7, 11) is 3.11. The maximum Gasteiger partial charge on any atom is 0.262 e. The Hall–Kier alpha value is -4.04. The van der Waals surface area contributed by atoms with Crippen LogP contribution in [-0.2, 0) is 9.53 Å². The molecular weight excluding hydrogens is 473 g/mol. The van der Waals surface area contributed by atoms with Crippen molar-refractivity contribution in [3.8, 4) is 5.75 Å². The van der Waals surface area contributed by atoms with E-state index in [0.717, 1.165) is 28.2 Å². The van der Waals surface area contributed by atoms with E-state index in [2.05, 4.69) is 0 Å². The molecule has 37 heavy (non-hydrogen) atoms. The van der Waals surface area contributed by atoms with Crippen LogP contribution in [0, 0.1) is 12.7 Å². The first kappa shape index (κ1) is 26.0. The number of benzene rings is 3. The van der Waals surface area contributed by atoms with Gasteiger partial charge in [0.05, 0.1) is 31.0 Å². The molecule has 0 saturated carbocycles. The number of aryl methyl sites for hydroxylation is 1. The third kappa shape index (κ3) is 6.03. The van der Waals surface area contributed by atoms with E-state index < -0.39 is 11.7 Å². The summed E-state index contributed by atoms with van der Waals surface area (Å²) in [6.45, 7) is 2.07. The smallest absolute Gasteiger partial charge is 0.262 e. The van der Waals surface area contributed by atoms with E-state index in [9.17, 15) is 14.0 Å². The minimum absolute atomic E-state index is 0.0923. The zero-order valence-corrected chi connectivity index (χ0v) is 21.2. The minimum atomic E-state index is -0.638. The maximum absolute atomic E-state index is 14.4. The SMILES string of the molecule is COCCN(CC(=O)N1N=C(c2ccc(OC)cc2)C[C@H]1c1ccc(C)cc1)C(=O)c1ccccc1F. The Morgan fingerprint density at radius 1 is 1.03 bits per heavy atom. The summed E-state index contributed by atoms with van der Waals surface area (Å²) in [6.07, 6.45) is 0.514. The molecule has 0 bridgehead atoms. The number of hydrogen-bond donors (Lipinski definition) is 0. The van der Waals surface area contributed by atoms with Gasteiger partial charge in [0.1, 0.15) is 18.1 Å². The molecule has 2 amide bonds. The predicted octanol–water partition coefficient (Wildman–Crippen LogP) is 4.61. The Kier molecular flexibility index (Phi) is 8.30. The van der Waals surface area contributed by atoms with E-state index >= 15 is 0 Å². The van der Waals surface area contributed by atoms with Crippen LogP contribution < -0.4 is 4.74 Å². The third-order valence-corrected chi connectivity index (χ3v) is 6.33. The molecule has 0 N–H and O–H groups in total. The summed E-state index contributed by atoms with van der Waals surface area (Å²) in [5.41, 5.74) is 3.59. The largest absolute Gasteiger partial charge is 0.497 e. The van der Waals surface area contributed by atoms with E-state index in [1.807, 2.05) is 55.5 Å². The maximum atomic E-state index is 14.4. The highest BCUT2D eigenvalue weighted by Gasteiger charge is 2.34. The van der Waals surface area contributed by atoms with Crippen molar-refractivity contribution in [2.75, 3.05) is 33.9 Å². The molecule has 0 aromatic heterocycles. The number of amides is 2. The fraction of sp³-hybridized carbons (Fsp3) is 0.276. The molecule has 0 fully saturated rings. The van der Waals surface area contributed by atoms with Crippen molar-refractivity contribution in [2.45, 2.75) is 19.4 Å². The van der Waals surface area contributed by atoms with Crippen molar-refractivity contribution in [3.63, 3.8) is 0 Å². The molecule has 7 nitrogen and oxygen atoms in total. The van der Waals surface area contributed by atoms with E-state index in [0.29, 0.717) is 6.42 Å². The molecule has 0 radical (unpaired) electrons. The summed E-state index contributed by atoms with van der Waals surface area (Å²) in [5, 5.41) is 6.14. The molecular formula is C29H30FN3O4. The average molecular weight is 504 g/mol. The normalized spacial score (nSPS) is 14.9. The number of rotatable bonds is 9. The van der Waals surface area contributed by atoms with E-state index in [1.54, 1.807) is 13.2 Å². The van der Waals surface area contributed by atoms with Crippen LogP contribution in [0.25, 0.3) is 0 Å². The summed E-state index contributed by atoms with van der Waals surface area (Å²) in [4.78, 5) is 28.1. The lowest BCUT2D eigenvalue weighted by Gasteiger charge is -2.27. The molecule has 0 aliphatic carbocycles. The van der Waals surface area contributed by atoms with Gasteiger partial charge in [-0.15, -0.1) is 0 Å². The molecule has 1 aliphatic rings. The van der Waals surface area contributed by atoms with Gasteiger partial charge in [-0.2, -0.15) is 5.10 Å². The molecule has 192 valence electrons. The number of ether oxygens (including phenoxy) is 2. The van der Waals surface area contributed by atoms with Gasteiger partial charge in [-0.05, 0) is 54.4 Å². The monoisotopic (exact) mass is 503 g/mol. The van der Waals surface area contributed by atoms with Gasteiger partial charge < -0.3 is 14.4 Å². The predicted molar refractivity (Wildman–Crippen MR) is 139 cm³/mol. The molecule has 1 heterocycles. The Balaban J connectivity index is 1.63. The summed E-state index contributed by atoms with van der Waals surface area (Å²) >= 11 is 0. The lowest BCUT2D eigenvalue weighted by molar-refractivity contribution is -0.133. The molecule has 1 atom stereocenters. The average Bonchev–Trinajstić information content (AvgIpc) is 3.37. The number of hydrogen-bond acceptors (Lipinski definition) is 5. The van der Waals surface area contributed by atoms with Crippen molar-refractivity contribution in [1.29, 1.82) is 0 Å². The molecule has 4 rings (SSSR count). The first-order valence-corrected chi connectivity index (χ1v) is 12.0. The molecule has 3 aromatic rings. The highest BCUT2D eigenvalue weighted by molar-refractivity contribution is 6.04. The zero-order valence-electron chi connectivity index (χ0n) is 21.2. The number of methoxy groups -OCH3 is 2. The second-order valence-corrected chi connectivity index (χ2v) is 8.84. The van der Waals surface area contributed by atoms with Crippen LogP contribution in [0.1, 0.15) is 39.5 Å². The first-order chi connectivity index (χ1) is 17.9. The van der Waals surface area contributed by atoms with Crippen molar-refractivity contribution in [3.05, 3.63) is 101 Å². The van der Waals surface area contributed by atoms with Crippen LogP contribution in [0.3, 0.4) is 0 Å². The second kappa shape index (κ2) is 11.8. The Labute approximate surface area is 216 Å². The minimum Gasteiger partial charge on any atom is -0.497 e. The lowest BCUT2D eigenvalue weighted by Crippen LogP contribution is -2.43. The van der Waals surface area contributed by atoms with Crippen molar-refractivity contribution in [2.24, 2.45) is 5.10 Å². The highest BCUT2D eigenvalue weighted by atomic mass is 19.1. The zero-order chi connectivity index (χ0) is 26.4. The molecule has 8 heteroatoms.